The summed E-state index contributed by atoms with van der Waals surface area (Å²) in [7, 11) is 0. The van der Waals surface area contributed by atoms with Crippen LogP contribution < -0.4 is 0 Å². The summed E-state index contributed by atoms with van der Waals surface area (Å²) in [5.74, 6) is 1.70. The molecule has 3 aliphatic rings. The van der Waals surface area contributed by atoms with Crippen LogP contribution in [0.3, 0.4) is 0 Å². The summed E-state index contributed by atoms with van der Waals surface area (Å²) in [4.78, 5) is 11.9. The van der Waals surface area contributed by atoms with Crippen LogP contribution in [-0.4, -0.2) is 21.8 Å². The van der Waals surface area contributed by atoms with E-state index in [2.05, 4.69) is 13.8 Å². The van der Waals surface area contributed by atoms with Crippen LogP contribution in [0, 0.1) is 35.0 Å². The van der Waals surface area contributed by atoms with Crippen molar-refractivity contribution in [3.05, 3.63) is 0 Å². The van der Waals surface area contributed by atoms with Crippen molar-refractivity contribution in [2.45, 2.75) is 77.7 Å². The number of aliphatic hydroxyl groups is 1. The average Bonchev–Trinajstić information content (AvgIpc) is 2.46. The van der Waals surface area contributed by atoms with Crippen LogP contribution in [0.4, 0.5) is 0 Å². The molecule has 3 saturated carbocycles. The molecule has 22 heavy (non-hydrogen) atoms. The summed E-state index contributed by atoms with van der Waals surface area (Å²) in [6.07, 6.45) is 7.94. The molecule has 3 fully saturated rings. The highest BCUT2D eigenvalue weighted by molar-refractivity contribution is 5.75. The second-order valence-electron chi connectivity index (χ2n) is 8.88. The lowest BCUT2D eigenvalue weighted by Gasteiger charge is -2.59. The Bertz CT molecular complexity index is 446. The Morgan fingerprint density at radius 3 is 2.50 bits per heavy atom. The molecule has 126 valence electrons. The molecule has 0 aliphatic heterocycles. The van der Waals surface area contributed by atoms with Gasteiger partial charge in [-0.05, 0) is 82.0 Å². The number of carbonyl (C=O) groups is 1. The maximum atomic E-state index is 11.9. The number of rotatable bonds is 2. The van der Waals surface area contributed by atoms with Crippen molar-refractivity contribution in [3.63, 3.8) is 0 Å². The van der Waals surface area contributed by atoms with E-state index in [9.17, 15) is 15.0 Å². The van der Waals surface area contributed by atoms with Gasteiger partial charge in [-0.1, -0.05) is 13.8 Å². The molecule has 2 N–H and O–H groups in total. The van der Waals surface area contributed by atoms with Gasteiger partial charge in [0.05, 0.1) is 11.0 Å². The predicted octanol–water partition coefficient (Wildman–Crippen LogP) is 4.09. The minimum absolute atomic E-state index is 0.0527. The molecule has 0 saturated heterocycles. The molecule has 3 heteroatoms. The Hall–Kier alpha value is -0.570. The van der Waals surface area contributed by atoms with Gasteiger partial charge < -0.3 is 10.2 Å². The number of carboxylic acid groups (broad SMARTS) is 1. The van der Waals surface area contributed by atoms with E-state index in [1.165, 1.54) is 12.8 Å². The van der Waals surface area contributed by atoms with Crippen LogP contribution in [0.25, 0.3) is 0 Å². The van der Waals surface area contributed by atoms with E-state index in [4.69, 9.17) is 0 Å². The Balaban J connectivity index is 1.86. The predicted molar refractivity (Wildman–Crippen MR) is 86.4 cm³/mol. The van der Waals surface area contributed by atoms with E-state index in [1.54, 1.807) is 0 Å². The first kappa shape index (κ1) is 16.3. The van der Waals surface area contributed by atoms with Gasteiger partial charge in [0.1, 0.15) is 0 Å². The van der Waals surface area contributed by atoms with Crippen molar-refractivity contribution < 1.29 is 15.0 Å². The highest BCUT2D eigenvalue weighted by Crippen LogP contribution is 2.60. The zero-order valence-corrected chi connectivity index (χ0v) is 14.3. The molecule has 0 amide bonds. The maximum absolute atomic E-state index is 11.9. The maximum Gasteiger partial charge on any atom is 0.309 e. The summed E-state index contributed by atoms with van der Waals surface area (Å²) in [5.41, 5.74) is -1.46. The first-order valence-corrected chi connectivity index (χ1v) is 9.25. The minimum atomic E-state index is -0.729. The van der Waals surface area contributed by atoms with E-state index in [0.717, 1.165) is 50.4 Å². The number of fused-ring (bicyclic) bond motifs is 3. The van der Waals surface area contributed by atoms with Crippen LogP contribution >= 0.6 is 0 Å². The van der Waals surface area contributed by atoms with Crippen LogP contribution in [0.15, 0.2) is 0 Å². The molecule has 3 rings (SSSR count). The van der Waals surface area contributed by atoms with Gasteiger partial charge in [-0.3, -0.25) is 4.79 Å². The van der Waals surface area contributed by atoms with Crippen LogP contribution in [-0.2, 0) is 4.79 Å². The van der Waals surface area contributed by atoms with E-state index in [0.29, 0.717) is 11.8 Å². The first-order valence-electron chi connectivity index (χ1n) is 9.25. The van der Waals surface area contributed by atoms with Gasteiger partial charge in [0.15, 0.2) is 0 Å². The number of aliphatic carboxylic acids is 1. The fraction of sp³-hybridized carbons (Fsp3) is 0.947. The average molecular weight is 308 g/mol. The summed E-state index contributed by atoms with van der Waals surface area (Å²) < 4.78 is 0. The van der Waals surface area contributed by atoms with Gasteiger partial charge in [0.2, 0.25) is 0 Å². The van der Waals surface area contributed by atoms with Crippen molar-refractivity contribution >= 4 is 5.97 Å². The van der Waals surface area contributed by atoms with E-state index in [1.807, 2.05) is 6.92 Å². The summed E-state index contributed by atoms with van der Waals surface area (Å²) >= 11 is 0. The Morgan fingerprint density at radius 2 is 1.86 bits per heavy atom. The third-order valence-corrected chi connectivity index (χ3v) is 7.57. The molecule has 0 bridgehead atoms. The van der Waals surface area contributed by atoms with Crippen molar-refractivity contribution in [1.29, 1.82) is 0 Å². The normalized spacial score (nSPS) is 48.6. The first-order chi connectivity index (χ1) is 10.3. The topological polar surface area (TPSA) is 57.5 Å². The van der Waals surface area contributed by atoms with Gasteiger partial charge in [0.25, 0.3) is 0 Å². The van der Waals surface area contributed by atoms with Crippen LogP contribution in [0.5, 0.6) is 0 Å². The molecule has 6 unspecified atom stereocenters. The zero-order chi connectivity index (χ0) is 16.1. The molecular formula is C19H32O3. The Kier molecular flexibility index (Phi) is 4.08. The third-order valence-electron chi connectivity index (χ3n) is 7.57. The molecular weight excluding hydrogens is 276 g/mol. The van der Waals surface area contributed by atoms with Gasteiger partial charge in [-0.15, -0.1) is 0 Å². The SMILES string of the molecule is CC(C)C1CCC2C(CCC3C(C)(C(=O)O)CCCC23O)C1. The second kappa shape index (κ2) is 5.51. The monoisotopic (exact) mass is 308 g/mol. The molecule has 0 aromatic heterocycles. The Morgan fingerprint density at radius 1 is 1.14 bits per heavy atom. The smallest absolute Gasteiger partial charge is 0.309 e. The molecule has 3 aliphatic carbocycles. The van der Waals surface area contributed by atoms with Gasteiger partial charge >= 0.3 is 5.97 Å². The van der Waals surface area contributed by atoms with Gasteiger partial charge in [0, 0.05) is 5.92 Å². The highest BCUT2D eigenvalue weighted by atomic mass is 16.4. The van der Waals surface area contributed by atoms with Crippen LogP contribution in [0.2, 0.25) is 0 Å². The molecule has 0 heterocycles. The van der Waals surface area contributed by atoms with Crippen LogP contribution in [0.1, 0.15) is 72.1 Å². The van der Waals surface area contributed by atoms with Crippen molar-refractivity contribution in [3.8, 4) is 0 Å². The third kappa shape index (κ3) is 2.31. The van der Waals surface area contributed by atoms with E-state index in [-0.39, 0.29) is 5.92 Å². The second-order valence-corrected chi connectivity index (χ2v) is 8.88. The quantitative estimate of drug-likeness (QED) is 0.807. The summed E-state index contributed by atoms with van der Waals surface area (Å²) in [5, 5.41) is 21.3. The van der Waals surface area contributed by atoms with E-state index < -0.39 is 17.0 Å². The highest BCUT2D eigenvalue weighted by Gasteiger charge is 2.61. The molecule has 0 aromatic rings. The lowest BCUT2D eigenvalue weighted by atomic mass is 9.48. The molecule has 0 aromatic carbocycles. The van der Waals surface area contributed by atoms with Gasteiger partial charge in [-0.25, -0.2) is 0 Å². The molecule has 6 atom stereocenters. The lowest BCUT2D eigenvalue weighted by Crippen LogP contribution is -2.61. The standard InChI is InChI=1S/C19H32O3/c1-12(2)13-5-7-15-14(11-13)6-8-16-18(3,17(20)21)9-4-10-19(15,16)22/h12-16,22H,4-11H2,1-3H3,(H,20,21). The summed E-state index contributed by atoms with van der Waals surface area (Å²) in [6.45, 7) is 6.51. The largest absolute Gasteiger partial charge is 0.481 e. The number of hydrogen-bond donors (Lipinski definition) is 2. The Labute approximate surface area is 134 Å². The number of carboxylic acids is 1. The lowest BCUT2D eigenvalue weighted by molar-refractivity contribution is -0.204. The fourth-order valence-electron chi connectivity index (χ4n) is 6.17. The molecule has 3 nitrogen and oxygen atoms in total. The summed E-state index contributed by atoms with van der Waals surface area (Å²) in [6, 6.07) is 0. The number of hydrogen-bond acceptors (Lipinski definition) is 2. The fourth-order valence-corrected chi connectivity index (χ4v) is 6.17. The molecule has 0 radical (unpaired) electrons. The molecule has 0 spiro atoms. The van der Waals surface area contributed by atoms with E-state index >= 15 is 0 Å². The van der Waals surface area contributed by atoms with Gasteiger partial charge in [-0.2, -0.15) is 0 Å². The minimum Gasteiger partial charge on any atom is -0.481 e. The van der Waals surface area contributed by atoms with Crippen molar-refractivity contribution in [1.82, 2.24) is 0 Å². The van der Waals surface area contributed by atoms with Crippen molar-refractivity contribution in [2.75, 3.05) is 0 Å². The van der Waals surface area contributed by atoms with Crippen molar-refractivity contribution in [2.24, 2.45) is 35.0 Å². The zero-order valence-electron chi connectivity index (χ0n) is 14.3.